The maximum atomic E-state index is 4.68. The predicted molar refractivity (Wildman–Crippen MR) is 78.0 cm³/mol. The lowest BCUT2D eigenvalue weighted by Crippen LogP contribution is -2.08. The highest BCUT2D eigenvalue weighted by atomic mass is 79.9. The summed E-state index contributed by atoms with van der Waals surface area (Å²) >= 11 is 5.17. The van der Waals surface area contributed by atoms with Gasteiger partial charge >= 0.3 is 0 Å². The van der Waals surface area contributed by atoms with Crippen molar-refractivity contribution >= 4 is 33.1 Å². The summed E-state index contributed by atoms with van der Waals surface area (Å²) in [6.07, 6.45) is 5.78. The van der Waals surface area contributed by atoms with Gasteiger partial charge in [-0.25, -0.2) is 9.97 Å². The highest BCUT2D eigenvalue weighted by Gasteiger charge is 2.22. The minimum Gasteiger partial charge on any atom is -0.364 e. The number of rotatable bonds is 4. The Balaban J connectivity index is 1.59. The third-order valence-electron chi connectivity index (χ3n) is 3.20. The first-order valence-electron chi connectivity index (χ1n) is 6.11. The molecule has 1 aliphatic carbocycles. The Labute approximate surface area is 119 Å². The average Bonchev–Trinajstić information content (AvgIpc) is 2.75. The van der Waals surface area contributed by atoms with E-state index in [1.54, 1.807) is 17.5 Å². The lowest BCUT2D eigenvalue weighted by molar-refractivity contribution is 0.418. The Kier molecular flexibility index (Phi) is 3.61. The molecule has 3 rings (SSSR count). The maximum Gasteiger partial charge on any atom is 0.126 e. The number of nitrogens with zero attached hydrogens (tertiary/aromatic N) is 2. The van der Waals surface area contributed by atoms with Crippen molar-refractivity contribution < 1.29 is 0 Å². The average molecular weight is 324 g/mol. The van der Waals surface area contributed by atoms with Crippen LogP contribution in [0, 0.1) is 0 Å². The SMILES string of the molecule is Brc1ccc(NCc2csc(C3CCC3)n2)nc1. The number of aromatic nitrogens is 2. The fraction of sp³-hybridized carbons (Fsp3) is 0.385. The monoisotopic (exact) mass is 323 g/mol. The van der Waals surface area contributed by atoms with E-state index in [0.717, 1.165) is 28.4 Å². The van der Waals surface area contributed by atoms with Gasteiger partial charge in [0.1, 0.15) is 5.82 Å². The van der Waals surface area contributed by atoms with Crippen LogP contribution in [0.25, 0.3) is 0 Å². The van der Waals surface area contributed by atoms with Crippen LogP contribution in [0.1, 0.15) is 35.9 Å². The van der Waals surface area contributed by atoms with E-state index < -0.39 is 0 Å². The third-order valence-corrected chi connectivity index (χ3v) is 4.73. The zero-order chi connectivity index (χ0) is 12.4. The Morgan fingerprint density at radius 1 is 1.39 bits per heavy atom. The molecule has 0 unspecified atom stereocenters. The van der Waals surface area contributed by atoms with Gasteiger partial charge in [0.15, 0.2) is 0 Å². The van der Waals surface area contributed by atoms with E-state index in [0.29, 0.717) is 0 Å². The predicted octanol–water partition coefficient (Wildman–Crippen LogP) is 4.18. The van der Waals surface area contributed by atoms with Crippen molar-refractivity contribution in [3.05, 3.63) is 38.9 Å². The number of hydrogen-bond acceptors (Lipinski definition) is 4. The van der Waals surface area contributed by atoms with Crippen LogP contribution in [-0.4, -0.2) is 9.97 Å². The van der Waals surface area contributed by atoms with Crippen LogP contribution in [0.2, 0.25) is 0 Å². The van der Waals surface area contributed by atoms with Crippen LogP contribution in [0.5, 0.6) is 0 Å². The zero-order valence-corrected chi connectivity index (χ0v) is 12.3. The van der Waals surface area contributed by atoms with Crippen molar-refractivity contribution in [3.8, 4) is 0 Å². The summed E-state index contributed by atoms with van der Waals surface area (Å²) in [5.41, 5.74) is 1.12. The van der Waals surface area contributed by atoms with Crippen LogP contribution in [-0.2, 0) is 6.54 Å². The largest absolute Gasteiger partial charge is 0.364 e. The van der Waals surface area contributed by atoms with Crippen LogP contribution >= 0.6 is 27.3 Å². The highest BCUT2D eigenvalue weighted by molar-refractivity contribution is 9.10. The van der Waals surface area contributed by atoms with Gasteiger partial charge in [0.05, 0.1) is 17.2 Å². The molecule has 1 N–H and O–H groups in total. The molecule has 0 radical (unpaired) electrons. The van der Waals surface area contributed by atoms with E-state index >= 15 is 0 Å². The van der Waals surface area contributed by atoms with Gasteiger partial charge in [-0.05, 0) is 40.9 Å². The van der Waals surface area contributed by atoms with Crippen LogP contribution in [0.3, 0.4) is 0 Å². The molecule has 0 aliphatic heterocycles. The van der Waals surface area contributed by atoms with Crippen molar-refractivity contribution in [2.24, 2.45) is 0 Å². The second-order valence-corrected chi connectivity index (χ2v) is 6.33. The molecule has 94 valence electrons. The summed E-state index contributed by atoms with van der Waals surface area (Å²) in [6.45, 7) is 0.748. The number of anilines is 1. The minimum atomic E-state index is 0.731. The van der Waals surface area contributed by atoms with Crippen molar-refractivity contribution in [1.29, 1.82) is 0 Å². The van der Waals surface area contributed by atoms with Crippen molar-refractivity contribution in [2.45, 2.75) is 31.7 Å². The minimum absolute atomic E-state index is 0.731. The first kappa shape index (κ1) is 12.1. The van der Waals surface area contributed by atoms with E-state index in [2.05, 4.69) is 36.6 Å². The van der Waals surface area contributed by atoms with Gasteiger partial charge in [-0.2, -0.15) is 0 Å². The molecule has 2 aromatic heterocycles. The number of pyridine rings is 1. The molecule has 0 spiro atoms. The molecule has 18 heavy (non-hydrogen) atoms. The Morgan fingerprint density at radius 3 is 2.94 bits per heavy atom. The normalized spacial score (nSPS) is 15.4. The zero-order valence-electron chi connectivity index (χ0n) is 9.90. The second kappa shape index (κ2) is 5.36. The molecule has 0 bridgehead atoms. The second-order valence-electron chi connectivity index (χ2n) is 4.52. The number of hydrogen-bond donors (Lipinski definition) is 1. The van der Waals surface area contributed by atoms with E-state index in [4.69, 9.17) is 0 Å². The first-order valence-corrected chi connectivity index (χ1v) is 7.78. The summed E-state index contributed by atoms with van der Waals surface area (Å²) < 4.78 is 0.994. The summed E-state index contributed by atoms with van der Waals surface area (Å²) in [4.78, 5) is 8.96. The van der Waals surface area contributed by atoms with Crippen molar-refractivity contribution in [2.75, 3.05) is 5.32 Å². The van der Waals surface area contributed by atoms with Gasteiger partial charge in [0, 0.05) is 22.0 Å². The van der Waals surface area contributed by atoms with E-state index in [9.17, 15) is 0 Å². The van der Waals surface area contributed by atoms with Crippen molar-refractivity contribution in [3.63, 3.8) is 0 Å². The van der Waals surface area contributed by atoms with Gasteiger partial charge in [-0.3, -0.25) is 0 Å². The summed E-state index contributed by atoms with van der Waals surface area (Å²) in [5, 5.41) is 6.75. The molecule has 0 saturated heterocycles. The lowest BCUT2D eigenvalue weighted by atomic mass is 9.86. The van der Waals surface area contributed by atoms with Gasteiger partial charge in [0.2, 0.25) is 0 Å². The summed E-state index contributed by atoms with van der Waals surface area (Å²) in [7, 11) is 0. The standard InChI is InChI=1S/C13H14BrN3S/c14-10-4-5-12(15-6-10)16-7-11-8-18-13(17-11)9-2-1-3-9/h4-6,8-9H,1-3,7H2,(H,15,16). The fourth-order valence-corrected chi connectivity index (χ4v) is 3.13. The smallest absolute Gasteiger partial charge is 0.126 e. The molecule has 2 aromatic rings. The van der Waals surface area contributed by atoms with Gasteiger partial charge in [0.25, 0.3) is 0 Å². The number of halogens is 1. The lowest BCUT2D eigenvalue weighted by Gasteiger charge is -2.22. The highest BCUT2D eigenvalue weighted by Crippen LogP contribution is 2.37. The van der Waals surface area contributed by atoms with E-state index in [-0.39, 0.29) is 0 Å². The Morgan fingerprint density at radius 2 is 2.28 bits per heavy atom. The number of nitrogens with one attached hydrogen (secondary N) is 1. The van der Waals surface area contributed by atoms with Gasteiger partial charge in [-0.1, -0.05) is 6.42 Å². The molecule has 1 fully saturated rings. The summed E-state index contributed by atoms with van der Waals surface area (Å²) in [5.74, 6) is 1.62. The molecule has 2 heterocycles. The van der Waals surface area contributed by atoms with Crippen LogP contribution in [0.4, 0.5) is 5.82 Å². The summed E-state index contributed by atoms with van der Waals surface area (Å²) in [6, 6.07) is 3.94. The number of thiazole rings is 1. The molecule has 5 heteroatoms. The van der Waals surface area contributed by atoms with Crippen LogP contribution in [0.15, 0.2) is 28.2 Å². The molecule has 0 atom stereocenters. The first-order chi connectivity index (χ1) is 8.81. The van der Waals surface area contributed by atoms with Crippen LogP contribution < -0.4 is 5.32 Å². The fourth-order valence-electron chi connectivity index (χ4n) is 1.91. The maximum absolute atomic E-state index is 4.68. The van der Waals surface area contributed by atoms with Gasteiger partial charge < -0.3 is 5.32 Å². The molecule has 0 amide bonds. The topological polar surface area (TPSA) is 37.8 Å². The Hall–Kier alpha value is -0.940. The molecule has 1 saturated carbocycles. The van der Waals surface area contributed by atoms with Gasteiger partial charge in [-0.15, -0.1) is 11.3 Å². The van der Waals surface area contributed by atoms with E-state index in [1.807, 2.05) is 12.1 Å². The molecular formula is C13H14BrN3S. The Bertz CT molecular complexity index is 519. The molecule has 1 aliphatic rings. The molecule has 3 nitrogen and oxygen atoms in total. The molecule has 0 aromatic carbocycles. The molecular weight excluding hydrogens is 310 g/mol. The van der Waals surface area contributed by atoms with E-state index in [1.165, 1.54) is 24.3 Å². The quantitative estimate of drug-likeness (QED) is 0.917. The third kappa shape index (κ3) is 2.72. The van der Waals surface area contributed by atoms with Crippen molar-refractivity contribution in [1.82, 2.24) is 9.97 Å².